The summed E-state index contributed by atoms with van der Waals surface area (Å²) in [4.78, 5) is 10.5. The topological polar surface area (TPSA) is 45.8 Å². The molecule has 0 aliphatic heterocycles. The Labute approximate surface area is 72.3 Å². The first-order valence-corrected chi connectivity index (χ1v) is 4.23. The smallest absolute Gasteiger partial charge is 0.264 e. The number of aromatic amines is 1. The predicted molar refractivity (Wildman–Crippen MR) is 47.7 cm³/mol. The number of hydrogen-bond donors (Lipinski definition) is 1. The summed E-state index contributed by atoms with van der Waals surface area (Å²) in [6.07, 6.45) is 3.73. The molecule has 3 nitrogen and oxygen atoms in total. The summed E-state index contributed by atoms with van der Waals surface area (Å²) in [6.45, 7) is 0. The van der Waals surface area contributed by atoms with Crippen LogP contribution in [0.25, 0.3) is 6.08 Å². The van der Waals surface area contributed by atoms with E-state index in [0.717, 1.165) is 11.0 Å². The summed E-state index contributed by atoms with van der Waals surface area (Å²) in [5.41, 5.74) is 0.574. The molecule has 1 aromatic rings. The Bertz CT molecular complexity index is 285. The zero-order valence-electron chi connectivity index (χ0n) is 5.75. The zero-order chi connectivity index (χ0) is 8.10. The maximum absolute atomic E-state index is 10.5. The molecule has 0 atom stereocenters. The first kappa shape index (κ1) is 8.20. The molecule has 0 amide bonds. The Kier molecular flexibility index (Phi) is 3.04. The van der Waals surface area contributed by atoms with Gasteiger partial charge in [0, 0.05) is 11.4 Å². The van der Waals surface area contributed by atoms with Gasteiger partial charge in [0.2, 0.25) is 0 Å². The van der Waals surface area contributed by atoms with Gasteiger partial charge < -0.3 is 0 Å². The standard InChI is InChI=1S/C7H7BrN2O/c8-5-1-2-6-3-4-7(11)10-9-6/h1-4H,5H2,(H,10,11). The number of allylic oxidation sites excluding steroid dienone is 1. The summed E-state index contributed by atoms with van der Waals surface area (Å²) in [5.74, 6) is 0. The van der Waals surface area contributed by atoms with Crippen LogP contribution < -0.4 is 5.56 Å². The van der Waals surface area contributed by atoms with Crippen molar-refractivity contribution in [2.24, 2.45) is 0 Å². The normalized spacial score (nSPS) is 10.6. The molecule has 0 aromatic carbocycles. The second kappa shape index (κ2) is 4.08. The number of hydrogen-bond acceptors (Lipinski definition) is 2. The first-order chi connectivity index (χ1) is 5.33. The van der Waals surface area contributed by atoms with Crippen molar-refractivity contribution in [1.29, 1.82) is 0 Å². The molecule has 0 aliphatic carbocycles. The maximum atomic E-state index is 10.5. The third-order valence-corrected chi connectivity index (χ3v) is 1.45. The average molecular weight is 215 g/mol. The molecule has 0 bridgehead atoms. The van der Waals surface area contributed by atoms with Crippen LogP contribution in [0.5, 0.6) is 0 Å². The SMILES string of the molecule is O=c1ccc(C=CCBr)n[nH]1. The highest BCUT2D eigenvalue weighted by Gasteiger charge is 1.85. The number of aromatic nitrogens is 2. The first-order valence-electron chi connectivity index (χ1n) is 3.11. The fraction of sp³-hybridized carbons (Fsp3) is 0.143. The van der Waals surface area contributed by atoms with E-state index < -0.39 is 0 Å². The molecule has 0 unspecified atom stereocenters. The summed E-state index contributed by atoms with van der Waals surface area (Å²) in [7, 11) is 0. The second-order valence-electron chi connectivity index (χ2n) is 1.90. The quantitative estimate of drug-likeness (QED) is 0.752. The lowest BCUT2D eigenvalue weighted by Gasteiger charge is -1.87. The molecule has 0 aliphatic rings. The van der Waals surface area contributed by atoms with E-state index in [1.807, 2.05) is 12.2 Å². The highest BCUT2D eigenvalue weighted by Crippen LogP contribution is 1.93. The molecule has 1 rings (SSSR count). The molecule has 0 radical (unpaired) electrons. The third-order valence-electron chi connectivity index (χ3n) is 1.08. The van der Waals surface area contributed by atoms with E-state index >= 15 is 0 Å². The second-order valence-corrected chi connectivity index (χ2v) is 2.55. The molecular formula is C7H7BrN2O. The lowest BCUT2D eigenvalue weighted by atomic mass is 10.3. The van der Waals surface area contributed by atoms with Gasteiger partial charge in [-0.05, 0) is 12.1 Å². The van der Waals surface area contributed by atoms with Crippen molar-refractivity contribution >= 4 is 22.0 Å². The van der Waals surface area contributed by atoms with Crippen molar-refractivity contribution in [3.05, 3.63) is 34.3 Å². The predicted octanol–water partition coefficient (Wildman–Crippen LogP) is 1.18. The van der Waals surface area contributed by atoms with Gasteiger partial charge in [-0.1, -0.05) is 22.0 Å². The third kappa shape index (κ3) is 2.67. The van der Waals surface area contributed by atoms with Gasteiger partial charge in [0.05, 0.1) is 5.69 Å². The van der Waals surface area contributed by atoms with E-state index in [1.54, 1.807) is 6.07 Å². The fourth-order valence-electron chi connectivity index (χ4n) is 0.613. The maximum Gasteiger partial charge on any atom is 0.264 e. The van der Waals surface area contributed by atoms with Crippen LogP contribution in [-0.2, 0) is 0 Å². The van der Waals surface area contributed by atoms with E-state index in [1.165, 1.54) is 6.07 Å². The van der Waals surface area contributed by atoms with Crippen LogP contribution in [0.2, 0.25) is 0 Å². The van der Waals surface area contributed by atoms with Gasteiger partial charge in [0.1, 0.15) is 0 Å². The van der Waals surface area contributed by atoms with Crippen molar-refractivity contribution in [2.45, 2.75) is 0 Å². The molecule has 0 saturated heterocycles. The molecule has 0 spiro atoms. The van der Waals surface area contributed by atoms with Gasteiger partial charge in [-0.15, -0.1) is 0 Å². The Hall–Kier alpha value is -0.900. The van der Waals surface area contributed by atoms with Crippen LogP contribution in [0.15, 0.2) is 23.0 Å². The molecular weight excluding hydrogens is 208 g/mol. The Morgan fingerprint density at radius 2 is 2.45 bits per heavy atom. The minimum Gasteiger partial charge on any atom is -0.268 e. The zero-order valence-corrected chi connectivity index (χ0v) is 7.34. The van der Waals surface area contributed by atoms with Crippen molar-refractivity contribution in [1.82, 2.24) is 10.2 Å². The highest BCUT2D eigenvalue weighted by atomic mass is 79.9. The minimum absolute atomic E-state index is 0.180. The van der Waals surface area contributed by atoms with Gasteiger partial charge in [-0.2, -0.15) is 5.10 Å². The number of alkyl halides is 1. The van der Waals surface area contributed by atoms with Crippen LogP contribution in [0, 0.1) is 0 Å². The lowest BCUT2D eigenvalue weighted by molar-refractivity contribution is 0.977. The van der Waals surface area contributed by atoms with Crippen molar-refractivity contribution in [2.75, 3.05) is 5.33 Å². The van der Waals surface area contributed by atoms with Gasteiger partial charge in [0.25, 0.3) is 5.56 Å². The van der Waals surface area contributed by atoms with Crippen molar-refractivity contribution in [3.8, 4) is 0 Å². The number of H-pyrrole nitrogens is 1. The monoisotopic (exact) mass is 214 g/mol. The van der Waals surface area contributed by atoms with Gasteiger partial charge in [-0.3, -0.25) is 4.79 Å². The Morgan fingerprint density at radius 3 is 3.00 bits per heavy atom. The largest absolute Gasteiger partial charge is 0.268 e. The molecule has 4 heteroatoms. The molecule has 1 heterocycles. The number of nitrogens with one attached hydrogen (secondary N) is 1. The van der Waals surface area contributed by atoms with Crippen LogP contribution in [-0.4, -0.2) is 15.5 Å². The highest BCUT2D eigenvalue weighted by molar-refractivity contribution is 9.09. The number of nitrogens with zero attached hydrogens (tertiary/aromatic N) is 1. The van der Waals surface area contributed by atoms with E-state index in [-0.39, 0.29) is 5.56 Å². The Balaban J connectivity index is 2.82. The summed E-state index contributed by atoms with van der Waals surface area (Å²) >= 11 is 3.23. The Morgan fingerprint density at radius 1 is 1.64 bits per heavy atom. The van der Waals surface area contributed by atoms with E-state index in [4.69, 9.17) is 0 Å². The molecule has 11 heavy (non-hydrogen) atoms. The van der Waals surface area contributed by atoms with Gasteiger partial charge in [0.15, 0.2) is 0 Å². The van der Waals surface area contributed by atoms with E-state index in [9.17, 15) is 4.79 Å². The lowest BCUT2D eigenvalue weighted by Crippen LogP contribution is -2.05. The number of rotatable bonds is 2. The summed E-state index contributed by atoms with van der Waals surface area (Å²) in [5, 5.41) is 6.89. The van der Waals surface area contributed by atoms with Crippen LogP contribution in [0.3, 0.4) is 0 Å². The molecule has 0 saturated carbocycles. The van der Waals surface area contributed by atoms with Gasteiger partial charge in [-0.25, -0.2) is 5.10 Å². The summed E-state index contributed by atoms with van der Waals surface area (Å²) in [6, 6.07) is 3.11. The average Bonchev–Trinajstić information content (AvgIpc) is 2.04. The van der Waals surface area contributed by atoms with Crippen LogP contribution >= 0.6 is 15.9 Å². The van der Waals surface area contributed by atoms with E-state index in [0.29, 0.717) is 0 Å². The molecule has 58 valence electrons. The summed E-state index contributed by atoms with van der Waals surface area (Å²) < 4.78 is 0. The van der Waals surface area contributed by atoms with E-state index in [2.05, 4.69) is 26.1 Å². The molecule has 1 aromatic heterocycles. The fourth-order valence-corrected chi connectivity index (χ4v) is 0.800. The minimum atomic E-state index is -0.180. The van der Waals surface area contributed by atoms with Gasteiger partial charge >= 0.3 is 0 Å². The molecule has 0 fully saturated rings. The van der Waals surface area contributed by atoms with Crippen LogP contribution in [0.4, 0.5) is 0 Å². The number of halogens is 1. The molecule has 1 N–H and O–H groups in total. The van der Waals surface area contributed by atoms with Crippen molar-refractivity contribution < 1.29 is 0 Å². The van der Waals surface area contributed by atoms with Crippen LogP contribution in [0.1, 0.15) is 5.69 Å². The van der Waals surface area contributed by atoms with Crippen molar-refractivity contribution in [3.63, 3.8) is 0 Å².